The molecule has 3 rings (SSSR count). The summed E-state index contributed by atoms with van der Waals surface area (Å²) >= 11 is 8.08. The molecule has 0 amide bonds. The van der Waals surface area contributed by atoms with Crippen LogP contribution >= 0.6 is 46.9 Å². The average molecular weight is 520 g/mol. The van der Waals surface area contributed by atoms with Crippen LogP contribution in [-0.4, -0.2) is 37.1 Å². The van der Waals surface area contributed by atoms with Gasteiger partial charge in [-0.25, -0.2) is 4.98 Å². The third kappa shape index (κ3) is 6.22. The van der Waals surface area contributed by atoms with Crippen molar-refractivity contribution in [2.75, 3.05) is 25.0 Å². The second-order valence-electron chi connectivity index (χ2n) is 6.39. The molecular weight excluding hydrogens is 493 g/mol. The number of aromatic nitrogens is 1. The minimum absolute atomic E-state index is 0. The number of thiazole rings is 1. The number of piperidine rings is 1. The summed E-state index contributed by atoms with van der Waals surface area (Å²) in [6.45, 7) is 4.77. The molecule has 2 aromatic rings. The molecular formula is C19H27ClIN5S. The number of nitrogens with one attached hydrogen (secondary N) is 2. The van der Waals surface area contributed by atoms with E-state index in [-0.39, 0.29) is 24.0 Å². The van der Waals surface area contributed by atoms with Crippen LogP contribution in [0.4, 0.5) is 5.69 Å². The van der Waals surface area contributed by atoms with E-state index in [1.54, 1.807) is 11.3 Å². The van der Waals surface area contributed by atoms with Crippen molar-refractivity contribution >= 4 is 58.6 Å². The standard InChI is InChI=1S/C19H26ClN5S.HI/c1-3-18-23-15(13-26-18)11-22-19(21-2)24-14-7-6-10-25(12-14)17-9-5-4-8-16(17)20;/h4-5,8-9,13-14H,3,6-7,10-12H2,1-2H3,(H2,21,22,24);1H. The summed E-state index contributed by atoms with van der Waals surface area (Å²) in [5, 5.41) is 11.0. The minimum Gasteiger partial charge on any atom is -0.368 e. The summed E-state index contributed by atoms with van der Waals surface area (Å²) in [5.41, 5.74) is 2.18. The molecule has 1 aliphatic heterocycles. The number of nitrogens with zero attached hydrogens (tertiary/aromatic N) is 3. The minimum atomic E-state index is 0. The number of benzene rings is 1. The molecule has 0 saturated carbocycles. The van der Waals surface area contributed by atoms with Gasteiger partial charge in [0, 0.05) is 31.6 Å². The molecule has 0 aliphatic carbocycles. The predicted octanol–water partition coefficient (Wildman–Crippen LogP) is 4.31. The number of rotatable bonds is 5. The van der Waals surface area contributed by atoms with Gasteiger partial charge in [0.25, 0.3) is 0 Å². The van der Waals surface area contributed by atoms with Crippen LogP contribution < -0.4 is 15.5 Å². The zero-order valence-electron chi connectivity index (χ0n) is 15.7. The van der Waals surface area contributed by atoms with Crippen LogP contribution in [0, 0.1) is 0 Å². The quantitative estimate of drug-likeness (QED) is 0.351. The number of aliphatic imine (C=N–C) groups is 1. The highest BCUT2D eigenvalue weighted by Gasteiger charge is 2.22. The lowest BCUT2D eigenvalue weighted by Gasteiger charge is -2.35. The van der Waals surface area contributed by atoms with Gasteiger partial charge in [0.15, 0.2) is 5.96 Å². The van der Waals surface area contributed by atoms with E-state index in [1.807, 2.05) is 25.2 Å². The monoisotopic (exact) mass is 519 g/mol. The second-order valence-corrected chi connectivity index (χ2v) is 7.74. The molecule has 1 aliphatic rings. The Hall–Kier alpha value is -1.06. The molecule has 8 heteroatoms. The fourth-order valence-corrected chi connectivity index (χ4v) is 4.18. The molecule has 5 nitrogen and oxygen atoms in total. The molecule has 148 valence electrons. The van der Waals surface area contributed by atoms with Gasteiger partial charge in [0.1, 0.15) is 0 Å². The number of anilines is 1. The van der Waals surface area contributed by atoms with Gasteiger partial charge in [0.2, 0.25) is 0 Å². The van der Waals surface area contributed by atoms with Crippen molar-refractivity contribution in [1.29, 1.82) is 0 Å². The first-order chi connectivity index (χ1) is 12.7. The van der Waals surface area contributed by atoms with Crippen LogP contribution in [-0.2, 0) is 13.0 Å². The maximum Gasteiger partial charge on any atom is 0.191 e. The van der Waals surface area contributed by atoms with Gasteiger partial charge < -0.3 is 15.5 Å². The Labute approximate surface area is 187 Å². The van der Waals surface area contributed by atoms with Gasteiger partial charge in [-0.15, -0.1) is 35.3 Å². The summed E-state index contributed by atoms with van der Waals surface area (Å²) in [6, 6.07) is 8.39. The van der Waals surface area contributed by atoms with Gasteiger partial charge in [0.05, 0.1) is 28.0 Å². The molecule has 0 radical (unpaired) electrons. The third-order valence-electron chi connectivity index (χ3n) is 4.52. The van der Waals surface area contributed by atoms with Crippen molar-refractivity contribution in [2.24, 2.45) is 4.99 Å². The first kappa shape index (κ1) is 22.2. The molecule has 1 atom stereocenters. The molecule has 2 N–H and O–H groups in total. The van der Waals surface area contributed by atoms with Gasteiger partial charge in [-0.3, -0.25) is 4.99 Å². The number of hydrogen-bond acceptors (Lipinski definition) is 4. The van der Waals surface area contributed by atoms with Crippen molar-refractivity contribution < 1.29 is 0 Å². The third-order valence-corrected chi connectivity index (χ3v) is 5.88. The van der Waals surface area contributed by atoms with Crippen LogP contribution in [0.3, 0.4) is 0 Å². The van der Waals surface area contributed by atoms with Gasteiger partial charge in [-0.1, -0.05) is 30.7 Å². The zero-order valence-corrected chi connectivity index (χ0v) is 19.6. The van der Waals surface area contributed by atoms with Crippen LogP contribution in [0.15, 0.2) is 34.6 Å². The number of halogens is 2. The lowest BCUT2D eigenvalue weighted by molar-refractivity contribution is 0.468. The van der Waals surface area contributed by atoms with Crippen molar-refractivity contribution in [1.82, 2.24) is 15.6 Å². The lowest BCUT2D eigenvalue weighted by atomic mass is 10.0. The van der Waals surface area contributed by atoms with Gasteiger partial charge in [-0.2, -0.15) is 0 Å². The Morgan fingerprint density at radius 2 is 2.22 bits per heavy atom. The molecule has 1 fully saturated rings. The van der Waals surface area contributed by atoms with Crippen molar-refractivity contribution in [2.45, 2.75) is 38.8 Å². The number of guanidine groups is 1. The maximum absolute atomic E-state index is 6.37. The molecule has 1 unspecified atom stereocenters. The summed E-state index contributed by atoms with van der Waals surface area (Å²) in [5.74, 6) is 0.821. The smallest absolute Gasteiger partial charge is 0.191 e. The van der Waals surface area contributed by atoms with E-state index < -0.39 is 0 Å². The first-order valence-corrected chi connectivity index (χ1v) is 10.3. The van der Waals surface area contributed by atoms with E-state index >= 15 is 0 Å². The summed E-state index contributed by atoms with van der Waals surface area (Å²) < 4.78 is 0. The van der Waals surface area contributed by atoms with Gasteiger partial charge >= 0.3 is 0 Å². The fourth-order valence-electron chi connectivity index (χ4n) is 3.18. The van der Waals surface area contributed by atoms with E-state index in [0.29, 0.717) is 12.6 Å². The zero-order chi connectivity index (χ0) is 18.4. The highest BCUT2D eigenvalue weighted by molar-refractivity contribution is 14.0. The normalized spacial score (nSPS) is 17.4. The average Bonchev–Trinajstić information content (AvgIpc) is 3.14. The maximum atomic E-state index is 6.37. The van der Waals surface area contributed by atoms with E-state index in [9.17, 15) is 0 Å². The van der Waals surface area contributed by atoms with Crippen LogP contribution in [0.1, 0.15) is 30.5 Å². The Morgan fingerprint density at radius 1 is 1.41 bits per heavy atom. The predicted molar refractivity (Wildman–Crippen MR) is 127 cm³/mol. The molecule has 0 spiro atoms. The van der Waals surface area contributed by atoms with Crippen molar-refractivity contribution in [3.05, 3.63) is 45.4 Å². The lowest BCUT2D eigenvalue weighted by Crippen LogP contribution is -2.51. The Balaban J connectivity index is 0.00000261. The highest BCUT2D eigenvalue weighted by Crippen LogP contribution is 2.27. The SMILES string of the molecule is CCc1nc(CNC(=NC)NC2CCCN(c3ccccc3Cl)C2)cs1.I. The molecule has 27 heavy (non-hydrogen) atoms. The number of para-hydroxylation sites is 1. The summed E-state index contributed by atoms with van der Waals surface area (Å²) in [4.78, 5) is 11.3. The molecule has 0 bridgehead atoms. The number of aryl methyl sites for hydroxylation is 1. The largest absolute Gasteiger partial charge is 0.368 e. The van der Waals surface area contributed by atoms with E-state index in [4.69, 9.17) is 11.6 Å². The van der Waals surface area contributed by atoms with Gasteiger partial charge in [-0.05, 0) is 31.4 Å². The van der Waals surface area contributed by atoms with E-state index in [2.05, 4.69) is 43.9 Å². The highest BCUT2D eigenvalue weighted by atomic mass is 127. The Bertz CT molecular complexity index is 751. The Morgan fingerprint density at radius 3 is 2.93 bits per heavy atom. The molecule has 1 aromatic carbocycles. The van der Waals surface area contributed by atoms with Crippen molar-refractivity contribution in [3.63, 3.8) is 0 Å². The van der Waals surface area contributed by atoms with E-state index in [1.165, 1.54) is 5.01 Å². The Kier molecular flexibility index (Phi) is 9.11. The fraction of sp³-hybridized carbons (Fsp3) is 0.474. The number of hydrogen-bond donors (Lipinski definition) is 2. The van der Waals surface area contributed by atoms with Crippen LogP contribution in [0.5, 0.6) is 0 Å². The summed E-state index contributed by atoms with van der Waals surface area (Å²) in [7, 11) is 1.81. The topological polar surface area (TPSA) is 52.6 Å². The summed E-state index contributed by atoms with van der Waals surface area (Å²) in [6.07, 6.45) is 3.24. The van der Waals surface area contributed by atoms with Crippen LogP contribution in [0.2, 0.25) is 5.02 Å². The van der Waals surface area contributed by atoms with Crippen molar-refractivity contribution in [3.8, 4) is 0 Å². The van der Waals surface area contributed by atoms with E-state index in [0.717, 1.165) is 54.7 Å². The molecule has 1 saturated heterocycles. The first-order valence-electron chi connectivity index (χ1n) is 9.09. The second kappa shape index (κ2) is 11.1. The van der Waals surface area contributed by atoms with Crippen LogP contribution in [0.25, 0.3) is 0 Å². The molecule has 2 heterocycles. The molecule has 1 aromatic heterocycles.